The zero-order chi connectivity index (χ0) is 33.1. The lowest BCUT2D eigenvalue weighted by molar-refractivity contribution is 0.163. The lowest BCUT2D eigenvalue weighted by Crippen LogP contribution is -2.34. The van der Waals surface area contributed by atoms with Crippen LogP contribution in [0.4, 0.5) is 0 Å². The highest BCUT2D eigenvalue weighted by Gasteiger charge is 2.40. The van der Waals surface area contributed by atoms with Crippen molar-refractivity contribution in [2.75, 3.05) is 20.8 Å². The summed E-state index contributed by atoms with van der Waals surface area (Å²) < 4.78 is 24.8. The molecule has 0 N–H and O–H groups in total. The van der Waals surface area contributed by atoms with Crippen LogP contribution >= 0.6 is 0 Å². The van der Waals surface area contributed by atoms with Gasteiger partial charge in [0, 0.05) is 28.5 Å². The monoisotopic (exact) mass is 636 g/mol. The Labute approximate surface area is 284 Å². The number of fused-ring (bicyclic) bond motifs is 4. The fourth-order valence-electron chi connectivity index (χ4n) is 7.22. The maximum absolute atomic E-state index is 7.55. The summed E-state index contributed by atoms with van der Waals surface area (Å²) in [5.41, 5.74) is 8.67. The normalized spacial score (nSPS) is 14.6. The Morgan fingerprint density at radius 1 is 0.812 bits per heavy atom. The van der Waals surface area contributed by atoms with E-state index in [2.05, 4.69) is 98.8 Å². The van der Waals surface area contributed by atoms with E-state index in [4.69, 9.17) is 18.9 Å². The average Bonchev–Trinajstić information content (AvgIpc) is 3.61. The van der Waals surface area contributed by atoms with Crippen molar-refractivity contribution in [1.29, 1.82) is 0 Å². The van der Waals surface area contributed by atoms with Gasteiger partial charge in [-0.1, -0.05) is 87.4 Å². The molecular weight excluding hydrogens is 592 g/mol. The number of hydrogen-bond acceptors (Lipinski definition) is 4. The highest BCUT2D eigenvalue weighted by molar-refractivity contribution is 6.09. The van der Waals surface area contributed by atoms with E-state index >= 15 is 0 Å². The van der Waals surface area contributed by atoms with Crippen molar-refractivity contribution in [3.8, 4) is 34.1 Å². The fourth-order valence-corrected chi connectivity index (χ4v) is 7.22. The van der Waals surface area contributed by atoms with E-state index in [9.17, 15) is 0 Å². The Morgan fingerprint density at radius 2 is 1.50 bits per heavy atom. The third-order valence-electron chi connectivity index (χ3n) is 9.76. The Balaban J connectivity index is 1.57. The zero-order valence-electron chi connectivity index (χ0n) is 28.5. The Hall–Kier alpha value is -4.96. The summed E-state index contributed by atoms with van der Waals surface area (Å²) >= 11 is 0. The summed E-state index contributed by atoms with van der Waals surface area (Å²) in [5, 5.41) is 2.26. The highest BCUT2D eigenvalue weighted by Crippen LogP contribution is 2.53. The second-order valence-corrected chi connectivity index (χ2v) is 12.7. The molecule has 0 saturated heterocycles. The first-order valence-corrected chi connectivity index (χ1v) is 17.3. The van der Waals surface area contributed by atoms with Gasteiger partial charge in [0.25, 0.3) is 0 Å². The van der Waals surface area contributed by atoms with Gasteiger partial charge in [-0.25, -0.2) is 0 Å². The molecule has 0 aromatic heterocycles. The Morgan fingerprint density at radius 3 is 2.12 bits per heavy atom. The molecule has 4 heteroatoms. The molecule has 2 aliphatic rings. The molecule has 0 aliphatic carbocycles. The number of ether oxygens (including phenoxy) is 4. The molecule has 4 nitrogen and oxygen atoms in total. The molecule has 5 aromatic carbocycles. The van der Waals surface area contributed by atoms with E-state index in [0.29, 0.717) is 6.61 Å². The van der Waals surface area contributed by atoms with E-state index in [1.165, 1.54) is 33.2 Å². The zero-order valence-corrected chi connectivity index (χ0v) is 28.5. The number of methoxy groups -OCH3 is 2. The maximum atomic E-state index is 7.55. The second-order valence-electron chi connectivity index (χ2n) is 12.7. The average molecular weight is 637 g/mol. The van der Waals surface area contributed by atoms with Gasteiger partial charge in [-0.3, -0.25) is 0 Å². The molecule has 0 spiro atoms. The molecule has 0 amide bonds. The van der Waals surface area contributed by atoms with Crippen LogP contribution < -0.4 is 18.9 Å². The van der Waals surface area contributed by atoms with Crippen LogP contribution in [-0.2, 0) is 12.0 Å². The SMILES string of the molecule is CCC/C=C(\CCCC)c1c2c(c3cc4c(cc3c1-c1ccccc1)CCO4)OC(c1ccc(OC)cc1)(c1ccc(OC)cc1)C=C2. The standard InChI is InChI=1S/C44H44O4/c1-5-7-12-30(13-8-6-2)41-37-24-26-44(33-16-20-35(45-3)21-17-33,34-18-22-36(46-4)23-19-34)48-43(37)39-29-40-32(25-27-47-40)28-38(39)42(41)31-14-10-9-11-15-31/h9-12,14-24,26,28-29H,5-8,13,25,27H2,1-4H3/b30-12+. The quantitative estimate of drug-likeness (QED) is 0.145. The van der Waals surface area contributed by atoms with Crippen molar-refractivity contribution < 1.29 is 18.9 Å². The lowest BCUT2D eigenvalue weighted by atomic mass is 9.79. The van der Waals surface area contributed by atoms with Gasteiger partial charge < -0.3 is 18.9 Å². The number of allylic oxidation sites excluding steroid dienone is 2. The lowest BCUT2D eigenvalue weighted by Gasteiger charge is -2.38. The van der Waals surface area contributed by atoms with Crippen LogP contribution in [0, 0.1) is 0 Å². The third kappa shape index (κ3) is 5.64. The van der Waals surface area contributed by atoms with Crippen LogP contribution in [0.15, 0.2) is 103 Å². The third-order valence-corrected chi connectivity index (χ3v) is 9.76. The maximum Gasteiger partial charge on any atom is 0.178 e. The number of unbranched alkanes of at least 4 members (excludes halogenated alkanes) is 2. The number of rotatable bonds is 11. The van der Waals surface area contributed by atoms with Crippen LogP contribution in [0.1, 0.15) is 73.8 Å². The molecule has 0 unspecified atom stereocenters. The van der Waals surface area contributed by atoms with Crippen LogP contribution in [0.3, 0.4) is 0 Å². The molecule has 0 saturated carbocycles. The first kappa shape index (κ1) is 31.6. The van der Waals surface area contributed by atoms with E-state index in [1.54, 1.807) is 14.2 Å². The molecule has 5 aromatic rings. The van der Waals surface area contributed by atoms with Crippen LogP contribution in [-0.4, -0.2) is 20.8 Å². The minimum atomic E-state index is -0.888. The van der Waals surface area contributed by atoms with Gasteiger partial charge in [-0.15, -0.1) is 0 Å². The predicted molar refractivity (Wildman–Crippen MR) is 197 cm³/mol. The molecule has 2 heterocycles. The summed E-state index contributed by atoms with van der Waals surface area (Å²) in [4.78, 5) is 0. The molecule has 48 heavy (non-hydrogen) atoms. The van der Waals surface area contributed by atoms with E-state index in [1.807, 2.05) is 24.3 Å². The van der Waals surface area contributed by atoms with Crippen molar-refractivity contribution in [2.24, 2.45) is 0 Å². The minimum Gasteiger partial charge on any atom is -0.497 e. The first-order chi connectivity index (χ1) is 23.6. The minimum absolute atomic E-state index is 0.696. The number of benzene rings is 5. The van der Waals surface area contributed by atoms with Gasteiger partial charge in [-0.2, -0.15) is 0 Å². The van der Waals surface area contributed by atoms with Crippen molar-refractivity contribution in [3.05, 3.63) is 131 Å². The van der Waals surface area contributed by atoms with Crippen LogP contribution in [0.2, 0.25) is 0 Å². The molecule has 7 rings (SSSR count). The smallest absolute Gasteiger partial charge is 0.178 e. The Bertz CT molecular complexity index is 1920. The highest BCUT2D eigenvalue weighted by atomic mass is 16.5. The Kier molecular flexibility index (Phi) is 8.99. The molecule has 2 aliphatic heterocycles. The van der Waals surface area contributed by atoms with Gasteiger partial charge in [0.1, 0.15) is 23.0 Å². The van der Waals surface area contributed by atoms with Crippen molar-refractivity contribution >= 4 is 22.4 Å². The fraction of sp³-hybridized carbons (Fsp3) is 0.273. The summed E-state index contributed by atoms with van der Waals surface area (Å²) in [6.45, 7) is 5.23. The van der Waals surface area contributed by atoms with Gasteiger partial charge in [0.15, 0.2) is 5.60 Å². The summed E-state index contributed by atoms with van der Waals surface area (Å²) in [6.07, 6.45) is 13.3. The summed E-state index contributed by atoms with van der Waals surface area (Å²) in [6, 6.07) is 31.9. The molecule has 0 bridgehead atoms. The second kappa shape index (κ2) is 13.6. The number of hydrogen-bond donors (Lipinski definition) is 0. The first-order valence-electron chi connectivity index (χ1n) is 17.3. The summed E-state index contributed by atoms with van der Waals surface area (Å²) in [5.74, 6) is 3.43. The van der Waals surface area contributed by atoms with Crippen molar-refractivity contribution in [1.82, 2.24) is 0 Å². The van der Waals surface area contributed by atoms with Gasteiger partial charge >= 0.3 is 0 Å². The molecule has 244 valence electrons. The van der Waals surface area contributed by atoms with Crippen molar-refractivity contribution in [2.45, 2.75) is 58.0 Å². The molecule has 0 fully saturated rings. The van der Waals surface area contributed by atoms with E-state index in [-0.39, 0.29) is 0 Å². The molecular formula is C44H44O4. The molecule has 0 atom stereocenters. The predicted octanol–water partition coefficient (Wildman–Crippen LogP) is 11.2. The van der Waals surface area contributed by atoms with E-state index < -0.39 is 5.60 Å². The van der Waals surface area contributed by atoms with E-state index in [0.717, 1.165) is 83.6 Å². The topological polar surface area (TPSA) is 36.9 Å². The van der Waals surface area contributed by atoms with Gasteiger partial charge in [-0.05, 0) is 101 Å². The summed E-state index contributed by atoms with van der Waals surface area (Å²) in [7, 11) is 3.39. The van der Waals surface area contributed by atoms with Gasteiger partial charge in [0.2, 0.25) is 0 Å². The molecule has 0 radical (unpaired) electrons. The van der Waals surface area contributed by atoms with Crippen molar-refractivity contribution in [3.63, 3.8) is 0 Å². The van der Waals surface area contributed by atoms with Crippen LogP contribution in [0.25, 0.3) is 33.5 Å². The largest absolute Gasteiger partial charge is 0.497 e. The van der Waals surface area contributed by atoms with Crippen LogP contribution in [0.5, 0.6) is 23.0 Å². The van der Waals surface area contributed by atoms with Gasteiger partial charge in [0.05, 0.1) is 20.8 Å².